The van der Waals surface area contributed by atoms with E-state index in [0.29, 0.717) is 30.1 Å². The summed E-state index contributed by atoms with van der Waals surface area (Å²) in [7, 11) is 0. The smallest absolute Gasteiger partial charge is 0.250 e. The SMILES string of the molecule is CCOC(C)(C)CNc1cccc(C(N)=O)c1N. The largest absolute Gasteiger partial charge is 0.396 e. The molecule has 5 nitrogen and oxygen atoms in total. The van der Waals surface area contributed by atoms with Crippen LogP contribution in [0.5, 0.6) is 0 Å². The second-order valence-electron chi connectivity index (χ2n) is 4.68. The molecule has 0 aliphatic heterocycles. The van der Waals surface area contributed by atoms with Crippen molar-refractivity contribution < 1.29 is 9.53 Å². The summed E-state index contributed by atoms with van der Waals surface area (Å²) in [4.78, 5) is 11.2. The highest BCUT2D eigenvalue weighted by Gasteiger charge is 2.18. The van der Waals surface area contributed by atoms with Gasteiger partial charge < -0.3 is 21.5 Å². The molecule has 0 spiro atoms. The predicted octanol–water partition coefficient (Wildman–Crippen LogP) is 1.59. The van der Waals surface area contributed by atoms with Crippen LogP contribution in [0.3, 0.4) is 0 Å². The second kappa shape index (κ2) is 5.73. The number of primary amides is 1. The molecular weight excluding hydrogens is 230 g/mol. The van der Waals surface area contributed by atoms with Crippen LogP contribution in [0.2, 0.25) is 0 Å². The summed E-state index contributed by atoms with van der Waals surface area (Å²) < 4.78 is 5.57. The number of benzene rings is 1. The molecule has 1 rings (SSSR count). The standard InChI is InChI=1S/C13H21N3O2/c1-4-18-13(2,3)8-16-10-7-5-6-9(11(10)14)12(15)17/h5-7,16H,4,8,14H2,1-3H3,(H2,15,17). The van der Waals surface area contributed by atoms with Crippen molar-refractivity contribution in [1.29, 1.82) is 0 Å². The third kappa shape index (κ3) is 3.63. The number of nitrogens with two attached hydrogens (primary N) is 2. The molecule has 100 valence electrons. The number of carbonyl (C=O) groups is 1. The van der Waals surface area contributed by atoms with Crippen molar-refractivity contribution in [3.8, 4) is 0 Å². The number of nitrogens with one attached hydrogen (secondary N) is 1. The lowest BCUT2D eigenvalue weighted by molar-refractivity contribution is 0.000709. The number of anilines is 2. The molecule has 5 N–H and O–H groups in total. The first-order valence-electron chi connectivity index (χ1n) is 5.93. The van der Waals surface area contributed by atoms with Crippen LogP contribution in [-0.2, 0) is 4.74 Å². The van der Waals surface area contributed by atoms with Gasteiger partial charge in [0.15, 0.2) is 0 Å². The molecule has 0 radical (unpaired) electrons. The van der Waals surface area contributed by atoms with Crippen LogP contribution in [0.25, 0.3) is 0 Å². The van der Waals surface area contributed by atoms with E-state index in [0.717, 1.165) is 0 Å². The van der Waals surface area contributed by atoms with Gasteiger partial charge in [0.1, 0.15) is 0 Å². The molecule has 0 heterocycles. The van der Waals surface area contributed by atoms with Crippen LogP contribution >= 0.6 is 0 Å². The molecule has 0 saturated carbocycles. The summed E-state index contributed by atoms with van der Waals surface area (Å²) >= 11 is 0. The topological polar surface area (TPSA) is 90.4 Å². The molecule has 18 heavy (non-hydrogen) atoms. The van der Waals surface area contributed by atoms with Gasteiger partial charge in [0.05, 0.1) is 22.5 Å². The first kappa shape index (κ1) is 14.3. The molecule has 0 atom stereocenters. The van der Waals surface area contributed by atoms with Crippen molar-refractivity contribution in [1.82, 2.24) is 0 Å². The number of hydrogen-bond acceptors (Lipinski definition) is 4. The van der Waals surface area contributed by atoms with Gasteiger partial charge in [-0.05, 0) is 32.9 Å². The van der Waals surface area contributed by atoms with Crippen LogP contribution < -0.4 is 16.8 Å². The Balaban J connectivity index is 2.80. The highest BCUT2D eigenvalue weighted by molar-refractivity contribution is 6.00. The minimum atomic E-state index is -0.528. The molecule has 0 saturated heterocycles. The van der Waals surface area contributed by atoms with Crippen LogP contribution in [0.1, 0.15) is 31.1 Å². The number of para-hydroxylation sites is 1. The van der Waals surface area contributed by atoms with Crippen molar-refractivity contribution in [2.24, 2.45) is 5.73 Å². The molecular formula is C13H21N3O2. The normalized spacial score (nSPS) is 11.3. The molecule has 5 heteroatoms. The Kier molecular flexibility index (Phi) is 4.55. The lowest BCUT2D eigenvalue weighted by Crippen LogP contribution is -2.33. The van der Waals surface area contributed by atoms with Gasteiger partial charge in [0.2, 0.25) is 0 Å². The molecule has 0 aromatic heterocycles. The minimum absolute atomic E-state index is 0.302. The highest BCUT2D eigenvalue weighted by atomic mass is 16.5. The van der Waals surface area contributed by atoms with Gasteiger partial charge in [-0.3, -0.25) is 4.79 Å². The van der Waals surface area contributed by atoms with E-state index in [9.17, 15) is 4.79 Å². The lowest BCUT2D eigenvalue weighted by atomic mass is 10.1. The zero-order valence-electron chi connectivity index (χ0n) is 11.1. The van der Waals surface area contributed by atoms with E-state index in [1.807, 2.05) is 26.8 Å². The van der Waals surface area contributed by atoms with Crippen molar-refractivity contribution >= 4 is 17.3 Å². The van der Waals surface area contributed by atoms with Crippen LogP contribution in [0.4, 0.5) is 11.4 Å². The average Bonchev–Trinajstić information content (AvgIpc) is 2.27. The molecule has 0 bridgehead atoms. The number of hydrogen-bond donors (Lipinski definition) is 3. The third-order valence-corrected chi connectivity index (χ3v) is 2.61. The van der Waals surface area contributed by atoms with E-state index in [-0.39, 0.29) is 5.60 Å². The fraction of sp³-hybridized carbons (Fsp3) is 0.462. The maximum Gasteiger partial charge on any atom is 0.250 e. The maximum atomic E-state index is 11.2. The second-order valence-corrected chi connectivity index (χ2v) is 4.68. The molecule has 1 aromatic carbocycles. The van der Waals surface area contributed by atoms with E-state index < -0.39 is 5.91 Å². The maximum absolute atomic E-state index is 11.2. The summed E-state index contributed by atoms with van der Waals surface area (Å²) in [5.74, 6) is -0.528. The first-order valence-corrected chi connectivity index (χ1v) is 5.93. The Morgan fingerprint density at radius 1 is 1.44 bits per heavy atom. The Morgan fingerprint density at radius 3 is 2.67 bits per heavy atom. The Morgan fingerprint density at radius 2 is 2.11 bits per heavy atom. The number of ether oxygens (including phenoxy) is 1. The van der Waals surface area contributed by atoms with Crippen LogP contribution in [0, 0.1) is 0 Å². The summed E-state index contributed by atoms with van der Waals surface area (Å²) in [6, 6.07) is 5.16. The number of rotatable bonds is 6. The fourth-order valence-electron chi connectivity index (χ4n) is 1.68. The first-order chi connectivity index (χ1) is 8.37. The Bertz CT molecular complexity index is 430. The van der Waals surface area contributed by atoms with Gasteiger partial charge in [0, 0.05) is 13.2 Å². The van der Waals surface area contributed by atoms with E-state index >= 15 is 0 Å². The van der Waals surface area contributed by atoms with Gasteiger partial charge in [-0.25, -0.2) is 0 Å². The zero-order valence-corrected chi connectivity index (χ0v) is 11.1. The van der Waals surface area contributed by atoms with Gasteiger partial charge in [0.25, 0.3) is 5.91 Å². The van der Waals surface area contributed by atoms with Gasteiger partial charge in [-0.2, -0.15) is 0 Å². The monoisotopic (exact) mass is 251 g/mol. The van der Waals surface area contributed by atoms with Crippen molar-refractivity contribution in [2.45, 2.75) is 26.4 Å². The summed E-state index contributed by atoms with van der Waals surface area (Å²) in [6.45, 7) is 7.15. The summed E-state index contributed by atoms with van der Waals surface area (Å²) in [5.41, 5.74) is 12.2. The molecule has 0 fully saturated rings. The van der Waals surface area contributed by atoms with E-state index in [1.165, 1.54) is 0 Å². The molecule has 0 unspecified atom stereocenters. The third-order valence-electron chi connectivity index (χ3n) is 2.61. The number of carbonyl (C=O) groups excluding carboxylic acids is 1. The minimum Gasteiger partial charge on any atom is -0.396 e. The number of nitrogen functional groups attached to an aromatic ring is 1. The predicted molar refractivity (Wildman–Crippen MR) is 73.6 cm³/mol. The van der Waals surface area contributed by atoms with Crippen molar-refractivity contribution in [3.05, 3.63) is 23.8 Å². The fourth-order valence-corrected chi connectivity index (χ4v) is 1.68. The van der Waals surface area contributed by atoms with E-state index in [1.54, 1.807) is 12.1 Å². The highest BCUT2D eigenvalue weighted by Crippen LogP contribution is 2.23. The quantitative estimate of drug-likeness (QED) is 0.670. The summed E-state index contributed by atoms with van der Waals surface area (Å²) in [5, 5.41) is 3.18. The lowest BCUT2D eigenvalue weighted by Gasteiger charge is -2.26. The van der Waals surface area contributed by atoms with E-state index in [4.69, 9.17) is 16.2 Å². The van der Waals surface area contributed by atoms with Crippen molar-refractivity contribution in [3.63, 3.8) is 0 Å². The van der Waals surface area contributed by atoms with Crippen LogP contribution in [-0.4, -0.2) is 24.7 Å². The molecule has 0 aliphatic carbocycles. The molecule has 1 amide bonds. The molecule has 0 aliphatic rings. The Hall–Kier alpha value is -1.75. The Labute approximate surface area is 107 Å². The van der Waals surface area contributed by atoms with Crippen molar-refractivity contribution in [2.75, 3.05) is 24.2 Å². The zero-order chi connectivity index (χ0) is 13.8. The number of amides is 1. The van der Waals surface area contributed by atoms with E-state index in [2.05, 4.69) is 5.32 Å². The van der Waals surface area contributed by atoms with Gasteiger partial charge in [-0.15, -0.1) is 0 Å². The summed E-state index contributed by atoms with van der Waals surface area (Å²) in [6.07, 6.45) is 0. The van der Waals surface area contributed by atoms with Gasteiger partial charge >= 0.3 is 0 Å². The molecule has 1 aromatic rings. The van der Waals surface area contributed by atoms with Gasteiger partial charge in [-0.1, -0.05) is 6.07 Å². The average molecular weight is 251 g/mol. The van der Waals surface area contributed by atoms with Crippen LogP contribution in [0.15, 0.2) is 18.2 Å².